The monoisotopic (exact) mass is 265 g/mol. The third kappa shape index (κ3) is 2.90. The summed E-state index contributed by atoms with van der Waals surface area (Å²) in [4.78, 5) is 4.12. The first-order valence-electron chi connectivity index (χ1n) is 6.05. The Kier molecular flexibility index (Phi) is 4.11. The average molecular weight is 265 g/mol. The van der Waals surface area contributed by atoms with E-state index in [1.807, 2.05) is 6.92 Å². The Bertz CT molecular complexity index is 557. The van der Waals surface area contributed by atoms with E-state index in [0.717, 1.165) is 0 Å². The van der Waals surface area contributed by atoms with E-state index < -0.39 is 6.10 Å². The average Bonchev–Trinajstić information content (AvgIpc) is 2.86. The predicted octanol–water partition coefficient (Wildman–Crippen LogP) is 1.86. The number of hydrogen-bond acceptors (Lipinski definition) is 4. The van der Waals surface area contributed by atoms with Crippen molar-refractivity contribution >= 4 is 0 Å². The van der Waals surface area contributed by atoms with Crippen LogP contribution >= 0.6 is 0 Å². The molecule has 0 bridgehead atoms. The number of ether oxygens (including phenoxy) is 1. The molecule has 0 fully saturated rings. The molecule has 0 radical (unpaired) electrons. The highest BCUT2D eigenvalue weighted by atomic mass is 19.1. The topological polar surface area (TPSA) is 60.2 Å². The normalized spacial score (nSPS) is 12.4. The third-order valence-electron chi connectivity index (χ3n) is 2.87. The van der Waals surface area contributed by atoms with Crippen molar-refractivity contribution in [2.75, 3.05) is 7.11 Å². The van der Waals surface area contributed by atoms with Gasteiger partial charge in [-0.3, -0.25) is 0 Å². The van der Waals surface area contributed by atoms with Gasteiger partial charge in [0.15, 0.2) is 5.82 Å². The van der Waals surface area contributed by atoms with Crippen LogP contribution in [-0.2, 0) is 6.54 Å². The van der Waals surface area contributed by atoms with Crippen molar-refractivity contribution < 1.29 is 14.2 Å². The van der Waals surface area contributed by atoms with E-state index in [-0.39, 0.29) is 5.82 Å². The van der Waals surface area contributed by atoms with Gasteiger partial charge in [-0.15, -0.1) is 0 Å². The number of aliphatic hydroxyl groups excluding tert-OH is 1. The second-order valence-corrected chi connectivity index (χ2v) is 4.17. The molecule has 102 valence electrons. The van der Waals surface area contributed by atoms with Crippen LogP contribution in [0.3, 0.4) is 0 Å². The summed E-state index contributed by atoms with van der Waals surface area (Å²) in [6.45, 7) is 2.19. The molecular formula is C13H16FN3O2. The molecule has 1 heterocycles. The van der Waals surface area contributed by atoms with Crippen LogP contribution in [0.4, 0.5) is 4.39 Å². The summed E-state index contributed by atoms with van der Waals surface area (Å²) < 4.78 is 20.1. The highest BCUT2D eigenvalue weighted by molar-refractivity contribution is 5.64. The van der Waals surface area contributed by atoms with E-state index in [1.165, 1.54) is 25.6 Å². The minimum atomic E-state index is -0.514. The first-order chi connectivity index (χ1) is 9.15. The molecular weight excluding hydrogens is 249 g/mol. The lowest BCUT2D eigenvalue weighted by molar-refractivity contribution is 0.146. The summed E-state index contributed by atoms with van der Waals surface area (Å²) in [6.07, 6.45) is 1.47. The Morgan fingerprint density at radius 1 is 1.47 bits per heavy atom. The summed E-state index contributed by atoms with van der Waals surface area (Å²) in [5.41, 5.74) is 0.517. The highest BCUT2D eigenvalue weighted by Gasteiger charge is 2.15. The van der Waals surface area contributed by atoms with Crippen LogP contribution in [0.2, 0.25) is 0 Å². The SMILES string of the molecule is CCC(O)Cn1ncnc1-c1cc(F)ccc1OC. The first kappa shape index (κ1) is 13.5. The maximum Gasteiger partial charge on any atom is 0.161 e. The number of methoxy groups -OCH3 is 1. The Morgan fingerprint density at radius 3 is 2.95 bits per heavy atom. The van der Waals surface area contributed by atoms with Gasteiger partial charge in [0.2, 0.25) is 0 Å². The molecule has 0 aliphatic heterocycles. The van der Waals surface area contributed by atoms with Crippen molar-refractivity contribution in [2.45, 2.75) is 26.0 Å². The minimum Gasteiger partial charge on any atom is -0.496 e. The van der Waals surface area contributed by atoms with Gasteiger partial charge >= 0.3 is 0 Å². The molecule has 1 atom stereocenters. The van der Waals surface area contributed by atoms with Gasteiger partial charge in [0, 0.05) is 0 Å². The van der Waals surface area contributed by atoms with Crippen LogP contribution < -0.4 is 4.74 Å². The van der Waals surface area contributed by atoms with Gasteiger partial charge in [-0.05, 0) is 24.6 Å². The zero-order valence-corrected chi connectivity index (χ0v) is 10.9. The van der Waals surface area contributed by atoms with Crippen LogP contribution in [-0.4, -0.2) is 33.1 Å². The summed E-state index contributed by atoms with van der Waals surface area (Å²) >= 11 is 0. The van der Waals surface area contributed by atoms with Gasteiger partial charge < -0.3 is 9.84 Å². The number of rotatable bonds is 5. The number of aromatic nitrogens is 3. The summed E-state index contributed by atoms with van der Waals surface area (Å²) in [5.74, 6) is 0.617. The molecule has 2 rings (SSSR count). The molecule has 2 aromatic rings. The smallest absolute Gasteiger partial charge is 0.161 e. The fourth-order valence-electron chi connectivity index (χ4n) is 1.79. The number of aliphatic hydroxyl groups is 1. The quantitative estimate of drug-likeness (QED) is 0.896. The van der Waals surface area contributed by atoms with Gasteiger partial charge in [0.25, 0.3) is 0 Å². The van der Waals surface area contributed by atoms with Gasteiger partial charge in [-0.25, -0.2) is 14.1 Å². The van der Waals surface area contributed by atoms with Crippen molar-refractivity contribution in [1.82, 2.24) is 14.8 Å². The molecule has 0 aliphatic rings. The zero-order valence-electron chi connectivity index (χ0n) is 10.9. The van der Waals surface area contributed by atoms with Crippen molar-refractivity contribution in [3.8, 4) is 17.1 Å². The molecule has 19 heavy (non-hydrogen) atoms. The summed E-state index contributed by atoms with van der Waals surface area (Å²) in [5, 5.41) is 13.7. The minimum absolute atomic E-state index is 0.311. The predicted molar refractivity (Wildman–Crippen MR) is 68.3 cm³/mol. The molecule has 5 nitrogen and oxygen atoms in total. The zero-order chi connectivity index (χ0) is 13.8. The molecule has 0 spiro atoms. The number of halogens is 1. The van der Waals surface area contributed by atoms with E-state index in [1.54, 1.807) is 10.7 Å². The second-order valence-electron chi connectivity index (χ2n) is 4.17. The second kappa shape index (κ2) is 5.79. The molecule has 0 aliphatic carbocycles. The Hall–Kier alpha value is -1.95. The van der Waals surface area contributed by atoms with E-state index in [9.17, 15) is 9.50 Å². The number of nitrogens with zero attached hydrogens (tertiary/aromatic N) is 3. The van der Waals surface area contributed by atoms with Crippen molar-refractivity contribution in [3.05, 3.63) is 30.3 Å². The highest BCUT2D eigenvalue weighted by Crippen LogP contribution is 2.29. The number of hydrogen-bond donors (Lipinski definition) is 1. The Balaban J connectivity index is 2.42. The Morgan fingerprint density at radius 2 is 2.26 bits per heavy atom. The molecule has 0 amide bonds. The van der Waals surface area contributed by atoms with Crippen LogP contribution in [0.1, 0.15) is 13.3 Å². The first-order valence-corrected chi connectivity index (χ1v) is 6.05. The lowest BCUT2D eigenvalue weighted by Gasteiger charge is -2.12. The van der Waals surface area contributed by atoms with Crippen molar-refractivity contribution in [2.24, 2.45) is 0 Å². The fourth-order valence-corrected chi connectivity index (χ4v) is 1.79. The fraction of sp³-hybridized carbons (Fsp3) is 0.385. The maximum atomic E-state index is 13.4. The summed E-state index contributed by atoms with van der Waals surface area (Å²) in [7, 11) is 1.51. The van der Waals surface area contributed by atoms with Crippen LogP contribution in [0, 0.1) is 5.82 Å². The van der Waals surface area contributed by atoms with Crippen molar-refractivity contribution in [3.63, 3.8) is 0 Å². The van der Waals surface area contributed by atoms with E-state index in [0.29, 0.717) is 30.1 Å². The van der Waals surface area contributed by atoms with Gasteiger partial charge in [0.05, 0.1) is 25.3 Å². The molecule has 6 heteroatoms. The molecule has 1 aromatic heterocycles. The standard InChI is InChI=1S/C13H16FN3O2/c1-3-10(18)7-17-13(15-8-16-17)11-6-9(14)4-5-12(11)19-2/h4-6,8,10,18H,3,7H2,1-2H3. The lowest BCUT2D eigenvalue weighted by Crippen LogP contribution is -2.16. The van der Waals surface area contributed by atoms with E-state index in [2.05, 4.69) is 10.1 Å². The molecule has 0 saturated heterocycles. The van der Waals surface area contributed by atoms with Crippen molar-refractivity contribution in [1.29, 1.82) is 0 Å². The van der Waals surface area contributed by atoms with Crippen LogP contribution in [0.15, 0.2) is 24.5 Å². The van der Waals surface area contributed by atoms with Gasteiger partial charge in [0.1, 0.15) is 17.9 Å². The lowest BCUT2D eigenvalue weighted by atomic mass is 10.1. The maximum absolute atomic E-state index is 13.4. The largest absolute Gasteiger partial charge is 0.496 e. The third-order valence-corrected chi connectivity index (χ3v) is 2.87. The van der Waals surface area contributed by atoms with Crippen LogP contribution in [0.5, 0.6) is 5.75 Å². The molecule has 1 aromatic carbocycles. The van der Waals surface area contributed by atoms with E-state index >= 15 is 0 Å². The van der Waals surface area contributed by atoms with Gasteiger partial charge in [-0.2, -0.15) is 5.10 Å². The summed E-state index contributed by atoms with van der Waals surface area (Å²) in [6, 6.07) is 4.21. The van der Waals surface area contributed by atoms with E-state index in [4.69, 9.17) is 4.74 Å². The van der Waals surface area contributed by atoms with Gasteiger partial charge in [-0.1, -0.05) is 6.92 Å². The van der Waals surface area contributed by atoms with Crippen LogP contribution in [0.25, 0.3) is 11.4 Å². The molecule has 0 saturated carbocycles. The molecule has 1 unspecified atom stereocenters. The Labute approximate surface area is 110 Å². The number of benzene rings is 1. The molecule has 1 N–H and O–H groups in total.